The van der Waals surface area contributed by atoms with E-state index in [9.17, 15) is 18.0 Å². The molecule has 4 rings (SSSR count). The van der Waals surface area contributed by atoms with Crippen LogP contribution in [0.5, 0.6) is 5.88 Å². The van der Waals surface area contributed by atoms with Crippen LogP contribution in [0.25, 0.3) is 0 Å². The zero-order valence-corrected chi connectivity index (χ0v) is 17.0. The summed E-state index contributed by atoms with van der Waals surface area (Å²) in [6, 6.07) is 5.86. The van der Waals surface area contributed by atoms with Gasteiger partial charge in [0.15, 0.2) is 0 Å². The average Bonchev–Trinajstić information content (AvgIpc) is 3.42. The number of hydrogen-bond donors (Lipinski definition) is 1. The van der Waals surface area contributed by atoms with Gasteiger partial charge in [0.2, 0.25) is 5.88 Å². The molecule has 0 bridgehead atoms. The maximum Gasteiger partial charge on any atom is 0.490 e. The monoisotopic (exact) mass is 445 g/mol. The van der Waals surface area contributed by atoms with Gasteiger partial charge in [-0.15, -0.1) is 0 Å². The molecule has 1 N–H and O–H groups in total. The number of aromatic nitrogens is 1. The molecule has 3 aliphatic rings. The Morgan fingerprint density at radius 2 is 1.94 bits per heavy atom. The van der Waals surface area contributed by atoms with E-state index in [0.717, 1.165) is 58.5 Å². The van der Waals surface area contributed by atoms with E-state index in [1.54, 1.807) is 6.20 Å². The van der Waals surface area contributed by atoms with E-state index in [1.165, 1.54) is 0 Å². The molecule has 1 aromatic rings. The first-order valence-electron chi connectivity index (χ1n) is 10.2. The Morgan fingerprint density at radius 1 is 1.23 bits per heavy atom. The van der Waals surface area contributed by atoms with Crippen molar-refractivity contribution in [3.05, 3.63) is 24.4 Å². The van der Waals surface area contributed by atoms with E-state index in [0.29, 0.717) is 12.5 Å². The van der Waals surface area contributed by atoms with Crippen LogP contribution in [0.4, 0.5) is 18.0 Å². The lowest BCUT2D eigenvalue weighted by Gasteiger charge is -2.44. The number of ether oxygens (including phenoxy) is 2. The number of carbonyl (C=O) groups is 2. The molecule has 3 fully saturated rings. The van der Waals surface area contributed by atoms with Crippen molar-refractivity contribution in [1.82, 2.24) is 14.8 Å². The summed E-state index contributed by atoms with van der Waals surface area (Å²) in [5, 5.41) is 7.12. The van der Waals surface area contributed by atoms with Gasteiger partial charge in [-0.1, -0.05) is 6.07 Å². The van der Waals surface area contributed by atoms with Crippen LogP contribution in [0.2, 0.25) is 0 Å². The highest BCUT2D eigenvalue weighted by atomic mass is 19.4. The number of halogens is 3. The third-order valence-corrected chi connectivity index (χ3v) is 5.80. The van der Waals surface area contributed by atoms with Crippen LogP contribution in [0.15, 0.2) is 24.4 Å². The standard InChI is InChI=1S/C18H25N3O3.C2HF3O2/c22-17(20-9-3-4-10-20)21-11-6-15-18(13-21,7-12-23-15)14-24-16-5-1-2-8-19-16;3-2(4,5)1(6)7/h1-2,5,8,15H,3-4,6-7,9-14H2;(H,6,7)/t15-,18+;/m1./s1. The maximum absolute atomic E-state index is 12.8. The van der Waals surface area contributed by atoms with Gasteiger partial charge in [0.25, 0.3) is 0 Å². The molecule has 2 atom stereocenters. The first-order chi connectivity index (χ1) is 14.7. The lowest BCUT2D eigenvalue weighted by atomic mass is 9.77. The minimum Gasteiger partial charge on any atom is -0.477 e. The lowest BCUT2D eigenvalue weighted by Crippen LogP contribution is -2.56. The van der Waals surface area contributed by atoms with E-state index in [2.05, 4.69) is 4.98 Å². The second-order valence-corrected chi connectivity index (χ2v) is 7.92. The highest BCUT2D eigenvalue weighted by Crippen LogP contribution is 2.41. The molecule has 0 unspecified atom stereocenters. The Labute approximate surface area is 177 Å². The number of hydrogen-bond acceptors (Lipinski definition) is 5. The van der Waals surface area contributed by atoms with Crippen molar-refractivity contribution in [2.45, 2.75) is 38.0 Å². The molecule has 0 saturated carbocycles. The van der Waals surface area contributed by atoms with Gasteiger partial charge >= 0.3 is 18.2 Å². The summed E-state index contributed by atoms with van der Waals surface area (Å²) in [5.41, 5.74) is -0.106. The average molecular weight is 445 g/mol. The SMILES string of the molecule is O=C(N1CCCC1)N1CC[C@H]2OCC[C@@]2(COc2ccccn2)C1.O=C(O)C(F)(F)F. The second-order valence-electron chi connectivity index (χ2n) is 7.92. The fraction of sp³-hybridized carbons (Fsp3) is 0.650. The maximum atomic E-state index is 12.8. The summed E-state index contributed by atoms with van der Waals surface area (Å²) in [5.74, 6) is -2.12. The van der Waals surface area contributed by atoms with Gasteiger partial charge in [-0.25, -0.2) is 14.6 Å². The molecule has 31 heavy (non-hydrogen) atoms. The Hall–Kier alpha value is -2.56. The number of carboxylic acids is 1. The van der Waals surface area contributed by atoms with Crippen LogP contribution in [0.3, 0.4) is 0 Å². The van der Waals surface area contributed by atoms with Crippen LogP contribution in [-0.4, -0.2) is 83.6 Å². The highest BCUT2D eigenvalue weighted by molar-refractivity contribution is 5.75. The van der Waals surface area contributed by atoms with Crippen molar-refractivity contribution in [1.29, 1.82) is 0 Å². The second kappa shape index (κ2) is 9.71. The van der Waals surface area contributed by atoms with Crippen LogP contribution < -0.4 is 4.74 Å². The number of urea groups is 1. The van der Waals surface area contributed by atoms with E-state index < -0.39 is 12.1 Å². The van der Waals surface area contributed by atoms with Crippen LogP contribution in [0, 0.1) is 5.41 Å². The quantitative estimate of drug-likeness (QED) is 0.769. The number of aliphatic carboxylic acids is 1. The van der Waals surface area contributed by atoms with Crippen LogP contribution in [-0.2, 0) is 9.53 Å². The first-order valence-corrected chi connectivity index (χ1v) is 10.2. The molecule has 3 aliphatic heterocycles. The molecule has 1 aromatic heterocycles. The minimum atomic E-state index is -5.08. The van der Waals surface area contributed by atoms with Crippen molar-refractivity contribution in [2.75, 3.05) is 39.4 Å². The van der Waals surface area contributed by atoms with E-state index in [4.69, 9.17) is 19.4 Å². The van der Waals surface area contributed by atoms with Gasteiger partial charge in [-0.05, 0) is 31.7 Å². The molecule has 0 spiro atoms. The predicted octanol–water partition coefficient (Wildman–Crippen LogP) is 2.79. The molecular formula is C20H26F3N3O5. The van der Waals surface area contributed by atoms with Crippen molar-refractivity contribution < 1.29 is 37.3 Å². The van der Waals surface area contributed by atoms with Gasteiger partial charge in [0, 0.05) is 45.0 Å². The van der Waals surface area contributed by atoms with Crippen molar-refractivity contribution >= 4 is 12.0 Å². The summed E-state index contributed by atoms with van der Waals surface area (Å²) >= 11 is 0. The third-order valence-electron chi connectivity index (χ3n) is 5.80. The minimum absolute atomic E-state index is 0.106. The van der Waals surface area contributed by atoms with Gasteiger partial charge < -0.3 is 24.4 Å². The molecule has 172 valence electrons. The number of pyridine rings is 1. The van der Waals surface area contributed by atoms with E-state index in [-0.39, 0.29) is 17.6 Å². The molecule has 2 amide bonds. The highest BCUT2D eigenvalue weighted by Gasteiger charge is 2.50. The van der Waals surface area contributed by atoms with Crippen LogP contribution >= 0.6 is 0 Å². The number of likely N-dealkylation sites (tertiary alicyclic amines) is 2. The van der Waals surface area contributed by atoms with E-state index in [1.807, 2.05) is 28.0 Å². The first kappa shape index (κ1) is 23.1. The molecule has 11 heteroatoms. The molecule has 8 nitrogen and oxygen atoms in total. The Kier molecular flexibility index (Phi) is 7.24. The number of amides is 2. The Bertz CT molecular complexity index is 758. The summed E-state index contributed by atoms with van der Waals surface area (Å²) in [6.07, 6.45) is 0.918. The number of rotatable bonds is 3. The molecule has 0 aromatic carbocycles. The summed E-state index contributed by atoms with van der Waals surface area (Å²) in [7, 11) is 0. The number of nitrogens with zero attached hydrogens (tertiary/aromatic N) is 3. The van der Waals surface area contributed by atoms with Crippen molar-refractivity contribution in [3.63, 3.8) is 0 Å². The van der Waals surface area contributed by atoms with Crippen molar-refractivity contribution in [3.8, 4) is 5.88 Å². The normalized spacial score (nSPS) is 25.5. The smallest absolute Gasteiger partial charge is 0.477 e. The van der Waals surface area contributed by atoms with Crippen molar-refractivity contribution in [2.24, 2.45) is 5.41 Å². The lowest BCUT2D eigenvalue weighted by molar-refractivity contribution is -0.192. The Balaban J connectivity index is 0.000000339. The zero-order chi connectivity index (χ0) is 22.5. The van der Waals surface area contributed by atoms with E-state index >= 15 is 0 Å². The molecule has 3 saturated heterocycles. The number of carbonyl (C=O) groups excluding carboxylic acids is 1. The number of carboxylic acid groups (broad SMARTS) is 1. The molecular weight excluding hydrogens is 419 g/mol. The molecule has 4 heterocycles. The van der Waals surface area contributed by atoms with Gasteiger partial charge in [-0.3, -0.25) is 0 Å². The van der Waals surface area contributed by atoms with Gasteiger partial charge in [0.05, 0.1) is 18.1 Å². The Morgan fingerprint density at radius 3 is 2.55 bits per heavy atom. The number of fused-ring (bicyclic) bond motifs is 1. The largest absolute Gasteiger partial charge is 0.490 e. The molecule has 0 radical (unpaired) electrons. The van der Waals surface area contributed by atoms with Gasteiger partial charge in [-0.2, -0.15) is 13.2 Å². The van der Waals surface area contributed by atoms with Crippen LogP contribution in [0.1, 0.15) is 25.7 Å². The summed E-state index contributed by atoms with van der Waals surface area (Å²) < 4.78 is 43.6. The number of alkyl halides is 3. The molecule has 0 aliphatic carbocycles. The fourth-order valence-electron chi connectivity index (χ4n) is 4.18. The fourth-order valence-corrected chi connectivity index (χ4v) is 4.18. The summed E-state index contributed by atoms with van der Waals surface area (Å²) in [6.45, 7) is 4.60. The number of piperidine rings is 1. The van der Waals surface area contributed by atoms with Gasteiger partial charge in [0.1, 0.15) is 0 Å². The zero-order valence-electron chi connectivity index (χ0n) is 17.0. The topological polar surface area (TPSA) is 92.2 Å². The third kappa shape index (κ3) is 5.78. The predicted molar refractivity (Wildman–Crippen MR) is 103 cm³/mol. The summed E-state index contributed by atoms with van der Waals surface area (Å²) in [4.78, 5) is 29.9.